The van der Waals surface area contributed by atoms with E-state index >= 15 is 0 Å². The van der Waals surface area contributed by atoms with E-state index in [4.69, 9.17) is 4.74 Å². The molecule has 0 atom stereocenters. The second kappa shape index (κ2) is 7.56. The summed E-state index contributed by atoms with van der Waals surface area (Å²) in [6.45, 7) is 3.56. The molecule has 29 heavy (non-hydrogen) atoms. The second-order valence-corrected chi connectivity index (χ2v) is 7.61. The van der Waals surface area contributed by atoms with Crippen molar-refractivity contribution < 1.29 is 9.53 Å². The number of hydrogen-bond donors (Lipinski definition) is 2. The number of pyridine rings is 1. The Morgan fingerprint density at radius 2 is 2.10 bits per heavy atom. The van der Waals surface area contributed by atoms with Crippen LogP contribution in [0.15, 0.2) is 46.7 Å². The monoisotopic (exact) mass is 408 g/mol. The summed E-state index contributed by atoms with van der Waals surface area (Å²) in [5.74, 6) is -0.266. The van der Waals surface area contributed by atoms with Gasteiger partial charge in [0.25, 0.3) is 5.91 Å². The average molecular weight is 408 g/mol. The number of nitrogens with zero attached hydrogens (tertiary/aromatic N) is 2. The maximum Gasteiger partial charge on any atom is 0.264 e. The first-order valence-corrected chi connectivity index (χ1v) is 9.94. The van der Waals surface area contributed by atoms with Crippen molar-refractivity contribution in [2.45, 2.75) is 13.8 Å². The largest absolute Gasteiger partial charge is 0.478 e. The molecule has 0 bridgehead atoms. The minimum atomic E-state index is -0.375. The molecule has 7 nitrogen and oxygen atoms in total. The zero-order chi connectivity index (χ0) is 20.5. The van der Waals surface area contributed by atoms with Crippen molar-refractivity contribution in [3.63, 3.8) is 0 Å². The SMILES string of the molecule is Cc1cc(=O)c(OCC(=O)Nc2nc(-c3c(C)n(C)c4ccccc34)cs2)c[nH]1. The number of carbonyl (C=O) groups excluding carboxylic acids is 1. The number of carbonyl (C=O) groups is 1. The van der Waals surface area contributed by atoms with Crippen molar-refractivity contribution in [1.29, 1.82) is 0 Å². The molecule has 4 aromatic rings. The molecule has 3 aromatic heterocycles. The molecular formula is C21H20N4O3S. The number of rotatable bonds is 5. The minimum absolute atomic E-state index is 0.108. The van der Waals surface area contributed by atoms with Gasteiger partial charge in [0.05, 0.1) is 5.69 Å². The molecule has 0 radical (unpaired) electrons. The summed E-state index contributed by atoms with van der Waals surface area (Å²) in [5.41, 5.74) is 4.58. The molecule has 0 unspecified atom stereocenters. The van der Waals surface area contributed by atoms with Crippen LogP contribution in [0.2, 0.25) is 0 Å². The van der Waals surface area contributed by atoms with E-state index in [1.807, 2.05) is 24.6 Å². The van der Waals surface area contributed by atoms with Gasteiger partial charge in [-0.25, -0.2) is 4.98 Å². The molecule has 1 aromatic carbocycles. The average Bonchev–Trinajstić information content (AvgIpc) is 3.24. The van der Waals surface area contributed by atoms with E-state index in [2.05, 4.69) is 38.9 Å². The van der Waals surface area contributed by atoms with E-state index in [-0.39, 0.29) is 23.7 Å². The van der Waals surface area contributed by atoms with Crippen molar-refractivity contribution in [1.82, 2.24) is 14.5 Å². The quantitative estimate of drug-likeness (QED) is 0.528. The second-order valence-electron chi connectivity index (χ2n) is 6.76. The van der Waals surface area contributed by atoms with Gasteiger partial charge in [0.15, 0.2) is 17.5 Å². The van der Waals surface area contributed by atoms with Gasteiger partial charge in [-0.2, -0.15) is 0 Å². The number of aromatic nitrogens is 3. The normalized spacial score (nSPS) is 11.0. The Balaban J connectivity index is 1.49. The lowest BCUT2D eigenvalue weighted by Gasteiger charge is -2.05. The van der Waals surface area contributed by atoms with Crippen LogP contribution in [0.4, 0.5) is 5.13 Å². The Labute approximate surface area is 171 Å². The molecule has 0 aliphatic heterocycles. The zero-order valence-corrected chi connectivity index (χ0v) is 17.1. The number of amides is 1. The number of aryl methyl sites for hydroxylation is 2. The number of benzene rings is 1. The van der Waals surface area contributed by atoms with Crippen molar-refractivity contribution in [2.75, 3.05) is 11.9 Å². The summed E-state index contributed by atoms with van der Waals surface area (Å²) < 4.78 is 7.45. The Kier molecular flexibility index (Phi) is 4.94. The van der Waals surface area contributed by atoms with Gasteiger partial charge < -0.3 is 14.3 Å². The smallest absolute Gasteiger partial charge is 0.264 e. The van der Waals surface area contributed by atoms with Crippen LogP contribution < -0.4 is 15.5 Å². The number of thiazole rings is 1. The van der Waals surface area contributed by atoms with Crippen LogP contribution in [-0.2, 0) is 11.8 Å². The predicted molar refractivity (Wildman–Crippen MR) is 115 cm³/mol. The lowest BCUT2D eigenvalue weighted by Crippen LogP contribution is -2.22. The fourth-order valence-corrected chi connectivity index (χ4v) is 3.98. The van der Waals surface area contributed by atoms with Crippen LogP contribution in [0.25, 0.3) is 22.2 Å². The maximum atomic E-state index is 12.2. The fourth-order valence-electron chi connectivity index (χ4n) is 3.26. The van der Waals surface area contributed by atoms with Crippen molar-refractivity contribution in [3.05, 3.63) is 63.5 Å². The van der Waals surface area contributed by atoms with Crippen LogP contribution in [0, 0.1) is 13.8 Å². The third kappa shape index (κ3) is 3.66. The lowest BCUT2D eigenvalue weighted by molar-refractivity contribution is -0.118. The molecular weight excluding hydrogens is 388 g/mol. The van der Waals surface area contributed by atoms with E-state index in [0.717, 1.165) is 33.5 Å². The van der Waals surface area contributed by atoms with Gasteiger partial charge in [-0.3, -0.25) is 14.9 Å². The highest BCUT2D eigenvalue weighted by atomic mass is 32.1. The Bertz CT molecular complexity index is 1270. The third-order valence-electron chi connectivity index (χ3n) is 4.79. The highest BCUT2D eigenvalue weighted by Crippen LogP contribution is 2.35. The number of H-pyrrole nitrogens is 1. The molecule has 3 heterocycles. The number of nitrogens with one attached hydrogen (secondary N) is 2. The standard InChI is InChI=1S/C21H20N4O3S/c1-12-8-17(26)18(9-22-12)28-10-19(27)24-21-23-15(11-29-21)20-13(2)25(3)16-7-5-4-6-14(16)20/h4-9,11H,10H2,1-3H3,(H,22,26)(H,23,24,27). The highest BCUT2D eigenvalue weighted by Gasteiger charge is 2.17. The molecule has 1 amide bonds. The molecule has 148 valence electrons. The molecule has 0 spiro atoms. The van der Waals surface area contributed by atoms with Crippen LogP contribution in [-0.4, -0.2) is 27.0 Å². The van der Waals surface area contributed by atoms with E-state index in [1.165, 1.54) is 23.6 Å². The predicted octanol–water partition coefficient (Wildman–Crippen LogP) is 3.62. The molecule has 2 N–H and O–H groups in total. The van der Waals surface area contributed by atoms with Gasteiger partial charge >= 0.3 is 0 Å². The minimum Gasteiger partial charge on any atom is -0.478 e. The number of para-hydroxylation sites is 1. The summed E-state index contributed by atoms with van der Waals surface area (Å²) in [4.78, 5) is 31.5. The summed E-state index contributed by atoms with van der Waals surface area (Å²) in [7, 11) is 2.03. The summed E-state index contributed by atoms with van der Waals surface area (Å²) in [6, 6.07) is 9.59. The molecule has 4 rings (SSSR count). The molecule has 0 fully saturated rings. The Hall–Kier alpha value is -3.39. The van der Waals surface area contributed by atoms with Gasteiger partial charge in [-0.15, -0.1) is 11.3 Å². The van der Waals surface area contributed by atoms with Gasteiger partial charge in [0, 0.05) is 52.5 Å². The van der Waals surface area contributed by atoms with E-state index in [1.54, 1.807) is 6.92 Å². The number of ether oxygens (including phenoxy) is 1. The van der Waals surface area contributed by atoms with Crippen LogP contribution in [0.3, 0.4) is 0 Å². The first kappa shape index (κ1) is 18.9. The maximum absolute atomic E-state index is 12.2. The summed E-state index contributed by atoms with van der Waals surface area (Å²) in [6.07, 6.45) is 1.45. The Morgan fingerprint density at radius 3 is 2.90 bits per heavy atom. The van der Waals surface area contributed by atoms with Gasteiger partial charge in [0.1, 0.15) is 0 Å². The molecule has 8 heteroatoms. The van der Waals surface area contributed by atoms with Gasteiger partial charge in [-0.05, 0) is 19.9 Å². The number of hydrogen-bond acceptors (Lipinski definition) is 5. The molecule has 0 aliphatic carbocycles. The number of anilines is 1. The van der Waals surface area contributed by atoms with E-state index in [9.17, 15) is 9.59 Å². The van der Waals surface area contributed by atoms with Crippen LogP contribution in [0.5, 0.6) is 5.75 Å². The molecule has 0 saturated carbocycles. The van der Waals surface area contributed by atoms with Crippen molar-refractivity contribution in [2.24, 2.45) is 7.05 Å². The zero-order valence-electron chi connectivity index (χ0n) is 16.3. The van der Waals surface area contributed by atoms with Crippen molar-refractivity contribution >= 4 is 33.3 Å². The topological polar surface area (TPSA) is 89.0 Å². The lowest BCUT2D eigenvalue weighted by atomic mass is 10.1. The molecule has 0 saturated heterocycles. The van der Waals surface area contributed by atoms with E-state index < -0.39 is 0 Å². The number of aromatic amines is 1. The van der Waals surface area contributed by atoms with E-state index in [0.29, 0.717) is 5.13 Å². The number of fused-ring (bicyclic) bond motifs is 1. The first-order chi connectivity index (χ1) is 13.9. The Morgan fingerprint density at radius 1 is 1.31 bits per heavy atom. The fraction of sp³-hybridized carbons (Fsp3) is 0.190. The van der Waals surface area contributed by atoms with Crippen molar-refractivity contribution in [3.8, 4) is 17.0 Å². The van der Waals surface area contributed by atoms with Gasteiger partial charge in [0.2, 0.25) is 5.43 Å². The first-order valence-electron chi connectivity index (χ1n) is 9.06. The van der Waals surface area contributed by atoms with Crippen LogP contribution in [0.1, 0.15) is 11.4 Å². The molecule has 0 aliphatic rings. The summed E-state index contributed by atoms with van der Waals surface area (Å²) >= 11 is 1.35. The highest BCUT2D eigenvalue weighted by molar-refractivity contribution is 7.14. The van der Waals surface area contributed by atoms with Gasteiger partial charge in [-0.1, -0.05) is 18.2 Å². The summed E-state index contributed by atoms with van der Waals surface area (Å²) in [5, 5.41) is 6.27. The van der Waals surface area contributed by atoms with Crippen LogP contribution >= 0.6 is 11.3 Å². The third-order valence-corrected chi connectivity index (χ3v) is 5.54.